The highest BCUT2D eigenvalue weighted by Crippen LogP contribution is 2.17. The highest BCUT2D eigenvalue weighted by molar-refractivity contribution is 6.30. The lowest BCUT2D eigenvalue weighted by molar-refractivity contribution is 0.270. The predicted molar refractivity (Wildman–Crippen MR) is 67.3 cm³/mol. The molecule has 0 radical (unpaired) electrons. The zero-order valence-corrected chi connectivity index (χ0v) is 10.3. The molecule has 0 unspecified atom stereocenters. The molecular weight excluding hydrogens is 238 g/mol. The van der Waals surface area contributed by atoms with Crippen LogP contribution in [0.4, 0.5) is 0 Å². The van der Waals surface area contributed by atoms with E-state index in [2.05, 4.69) is 5.32 Å². The molecule has 17 heavy (non-hydrogen) atoms. The largest absolute Gasteiger partial charge is 0.486 e. The average molecular weight is 252 g/mol. The van der Waals surface area contributed by atoms with Gasteiger partial charge in [0.1, 0.15) is 18.1 Å². The smallest absolute Gasteiger partial charge is 0.146 e. The van der Waals surface area contributed by atoms with Crippen molar-refractivity contribution in [2.24, 2.45) is 0 Å². The maximum absolute atomic E-state index is 5.79. The van der Waals surface area contributed by atoms with Crippen LogP contribution in [0.1, 0.15) is 11.3 Å². The Hall–Kier alpha value is -1.45. The molecule has 0 fully saturated rings. The van der Waals surface area contributed by atoms with E-state index < -0.39 is 0 Å². The molecule has 4 heteroatoms. The van der Waals surface area contributed by atoms with Gasteiger partial charge >= 0.3 is 0 Å². The fourth-order valence-electron chi connectivity index (χ4n) is 1.48. The van der Waals surface area contributed by atoms with E-state index in [0.717, 1.165) is 23.6 Å². The zero-order chi connectivity index (χ0) is 12.1. The molecule has 1 heterocycles. The molecule has 2 aromatic rings. The van der Waals surface area contributed by atoms with Gasteiger partial charge in [-0.25, -0.2) is 0 Å². The maximum Gasteiger partial charge on any atom is 0.146 e. The number of halogens is 1. The molecule has 0 aliphatic rings. The molecule has 2 rings (SSSR count). The van der Waals surface area contributed by atoms with Gasteiger partial charge in [-0.2, -0.15) is 0 Å². The number of hydrogen-bond donors (Lipinski definition) is 1. The fourth-order valence-corrected chi connectivity index (χ4v) is 1.61. The Balaban J connectivity index is 1.90. The zero-order valence-electron chi connectivity index (χ0n) is 9.57. The van der Waals surface area contributed by atoms with Crippen molar-refractivity contribution in [1.82, 2.24) is 5.32 Å². The number of nitrogens with one attached hydrogen (secondary N) is 1. The van der Waals surface area contributed by atoms with Crippen molar-refractivity contribution < 1.29 is 9.15 Å². The van der Waals surface area contributed by atoms with Gasteiger partial charge in [0.15, 0.2) is 0 Å². The van der Waals surface area contributed by atoms with E-state index in [-0.39, 0.29) is 0 Å². The van der Waals surface area contributed by atoms with Crippen LogP contribution in [0.2, 0.25) is 5.02 Å². The Kier molecular flexibility index (Phi) is 4.07. The second-order valence-electron chi connectivity index (χ2n) is 3.69. The standard InChI is InChI=1S/C13H14ClNO2/c1-15-7-10-6-13(16-8-10)9-17-12-4-2-11(14)3-5-12/h2-6,8,15H,7,9H2,1H3. The first-order valence-corrected chi connectivity index (χ1v) is 5.75. The molecule has 0 bridgehead atoms. The van der Waals surface area contributed by atoms with Crippen LogP contribution in [0.5, 0.6) is 5.75 Å². The second kappa shape index (κ2) is 5.75. The molecule has 0 spiro atoms. The Morgan fingerprint density at radius 2 is 2.06 bits per heavy atom. The summed E-state index contributed by atoms with van der Waals surface area (Å²) < 4.78 is 10.9. The first-order chi connectivity index (χ1) is 8.28. The van der Waals surface area contributed by atoms with E-state index in [9.17, 15) is 0 Å². The van der Waals surface area contributed by atoms with Crippen molar-refractivity contribution in [2.45, 2.75) is 13.2 Å². The number of ether oxygens (including phenoxy) is 1. The van der Waals surface area contributed by atoms with Gasteiger partial charge in [0.05, 0.1) is 6.26 Å². The third-order valence-electron chi connectivity index (χ3n) is 2.28. The summed E-state index contributed by atoms with van der Waals surface area (Å²) >= 11 is 5.79. The summed E-state index contributed by atoms with van der Waals surface area (Å²) in [5.41, 5.74) is 1.11. The third-order valence-corrected chi connectivity index (χ3v) is 2.54. The molecule has 90 valence electrons. The molecule has 0 amide bonds. The molecule has 0 aliphatic heterocycles. The van der Waals surface area contributed by atoms with Crippen LogP contribution in [0.3, 0.4) is 0 Å². The lowest BCUT2D eigenvalue weighted by Gasteiger charge is -2.03. The summed E-state index contributed by atoms with van der Waals surface area (Å²) in [4.78, 5) is 0. The van der Waals surface area contributed by atoms with E-state index in [0.29, 0.717) is 11.6 Å². The quantitative estimate of drug-likeness (QED) is 0.886. The lowest BCUT2D eigenvalue weighted by Crippen LogP contribution is -2.03. The Bertz CT molecular complexity index is 465. The van der Waals surface area contributed by atoms with Crippen LogP contribution in [0, 0.1) is 0 Å². The van der Waals surface area contributed by atoms with E-state index in [4.69, 9.17) is 20.8 Å². The van der Waals surface area contributed by atoms with Gasteiger partial charge in [0.25, 0.3) is 0 Å². The molecule has 3 nitrogen and oxygen atoms in total. The number of hydrogen-bond acceptors (Lipinski definition) is 3. The van der Waals surface area contributed by atoms with Crippen LogP contribution in [-0.4, -0.2) is 7.05 Å². The van der Waals surface area contributed by atoms with E-state index in [1.807, 2.05) is 25.2 Å². The van der Waals surface area contributed by atoms with Gasteiger partial charge in [-0.3, -0.25) is 0 Å². The topological polar surface area (TPSA) is 34.4 Å². The fraction of sp³-hybridized carbons (Fsp3) is 0.231. The molecule has 0 saturated heterocycles. The predicted octanol–water partition coefficient (Wildman–Crippen LogP) is 3.23. The molecule has 1 N–H and O–H groups in total. The molecule has 0 atom stereocenters. The van der Waals surface area contributed by atoms with Crippen molar-refractivity contribution in [3.8, 4) is 5.75 Å². The second-order valence-corrected chi connectivity index (χ2v) is 4.13. The van der Waals surface area contributed by atoms with Crippen LogP contribution in [0.15, 0.2) is 41.0 Å². The first kappa shape index (κ1) is 12.0. The Morgan fingerprint density at radius 1 is 1.29 bits per heavy atom. The van der Waals surface area contributed by atoms with Crippen LogP contribution < -0.4 is 10.1 Å². The first-order valence-electron chi connectivity index (χ1n) is 5.37. The highest BCUT2D eigenvalue weighted by Gasteiger charge is 2.02. The molecular formula is C13H14ClNO2. The molecule has 0 aliphatic carbocycles. The maximum atomic E-state index is 5.79. The van der Waals surface area contributed by atoms with Gasteiger partial charge in [-0.15, -0.1) is 0 Å². The van der Waals surface area contributed by atoms with Gasteiger partial charge in [0.2, 0.25) is 0 Å². The Labute approximate surface area is 105 Å². The minimum Gasteiger partial charge on any atom is -0.486 e. The molecule has 1 aromatic heterocycles. The minimum atomic E-state index is 0.422. The lowest BCUT2D eigenvalue weighted by atomic mass is 10.3. The SMILES string of the molecule is CNCc1coc(COc2ccc(Cl)cc2)c1. The average Bonchev–Trinajstić information content (AvgIpc) is 2.77. The van der Waals surface area contributed by atoms with Gasteiger partial charge < -0.3 is 14.5 Å². The van der Waals surface area contributed by atoms with Gasteiger partial charge in [-0.05, 0) is 37.4 Å². The van der Waals surface area contributed by atoms with Gasteiger partial charge in [-0.1, -0.05) is 11.6 Å². The van der Waals surface area contributed by atoms with Crippen molar-refractivity contribution in [1.29, 1.82) is 0 Å². The van der Waals surface area contributed by atoms with E-state index in [1.165, 1.54) is 0 Å². The summed E-state index contributed by atoms with van der Waals surface area (Å²) in [6.45, 7) is 1.22. The molecule has 1 aromatic carbocycles. The van der Waals surface area contributed by atoms with Gasteiger partial charge in [0, 0.05) is 17.1 Å². The normalized spacial score (nSPS) is 10.5. The number of furan rings is 1. The van der Waals surface area contributed by atoms with E-state index in [1.54, 1.807) is 18.4 Å². The van der Waals surface area contributed by atoms with Crippen LogP contribution >= 0.6 is 11.6 Å². The van der Waals surface area contributed by atoms with Crippen LogP contribution in [-0.2, 0) is 13.2 Å². The summed E-state index contributed by atoms with van der Waals surface area (Å²) in [6, 6.07) is 9.24. The Morgan fingerprint density at radius 3 is 2.76 bits per heavy atom. The van der Waals surface area contributed by atoms with E-state index >= 15 is 0 Å². The van der Waals surface area contributed by atoms with Crippen LogP contribution in [0.25, 0.3) is 0 Å². The monoisotopic (exact) mass is 251 g/mol. The summed E-state index contributed by atoms with van der Waals surface area (Å²) in [5, 5.41) is 3.76. The summed E-state index contributed by atoms with van der Waals surface area (Å²) in [7, 11) is 1.90. The molecule has 0 saturated carbocycles. The van der Waals surface area contributed by atoms with Crippen molar-refractivity contribution in [3.05, 3.63) is 52.9 Å². The van der Waals surface area contributed by atoms with Crippen molar-refractivity contribution in [2.75, 3.05) is 7.05 Å². The third kappa shape index (κ3) is 3.51. The highest BCUT2D eigenvalue weighted by atomic mass is 35.5. The summed E-state index contributed by atoms with van der Waals surface area (Å²) in [5.74, 6) is 1.59. The summed E-state index contributed by atoms with van der Waals surface area (Å²) in [6.07, 6.45) is 1.73. The van der Waals surface area contributed by atoms with Crippen molar-refractivity contribution in [3.63, 3.8) is 0 Å². The minimum absolute atomic E-state index is 0.422. The van der Waals surface area contributed by atoms with Crippen molar-refractivity contribution >= 4 is 11.6 Å². The number of rotatable bonds is 5. The number of benzene rings is 1.